The Labute approximate surface area is 111 Å². The van der Waals surface area contributed by atoms with Gasteiger partial charge in [0, 0.05) is 16.1 Å². The van der Waals surface area contributed by atoms with E-state index in [0.717, 1.165) is 30.5 Å². The monoisotopic (exact) mass is 302 g/mol. The SMILES string of the molecule is CCN(CC)CCC(N)c1cc(Br)ccc1F. The molecule has 0 aliphatic rings. The van der Waals surface area contributed by atoms with Crippen LogP contribution in [0.4, 0.5) is 4.39 Å². The molecule has 0 spiro atoms. The number of benzene rings is 1. The molecule has 17 heavy (non-hydrogen) atoms. The van der Waals surface area contributed by atoms with Gasteiger partial charge < -0.3 is 10.6 Å². The van der Waals surface area contributed by atoms with Gasteiger partial charge >= 0.3 is 0 Å². The molecule has 0 heterocycles. The highest BCUT2D eigenvalue weighted by atomic mass is 79.9. The number of rotatable bonds is 6. The van der Waals surface area contributed by atoms with E-state index in [1.54, 1.807) is 12.1 Å². The minimum atomic E-state index is -0.243. The van der Waals surface area contributed by atoms with Gasteiger partial charge in [0.15, 0.2) is 0 Å². The Morgan fingerprint density at radius 1 is 1.35 bits per heavy atom. The van der Waals surface area contributed by atoms with Gasteiger partial charge in [-0.25, -0.2) is 4.39 Å². The summed E-state index contributed by atoms with van der Waals surface area (Å²) in [5.74, 6) is -0.222. The molecule has 0 aliphatic carbocycles. The van der Waals surface area contributed by atoms with Crippen LogP contribution in [0.2, 0.25) is 0 Å². The van der Waals surface area contributed by atoms with Gasteiger partial charge in [-0.2, -0.15) is 0 Å². The fraction of sp³-hybridized carbons (Fsp3) is 0.538. The summed E-state index contributed by atoms with van der Waals surface area (Å²) in [5.41, 5.74) is 6.62. The zero-order valence-electron chi connectivity index (χ0n) is 10.4. The van der Waals surface area contributed by atoms with Crippen molar-refractivity contribution in [3.8, 4) is 0 Å². The molecule has 0 fully saturated rings. The topological polar surface area (TPSA) is 29.3 Å². The second-order valence-corrected chi connectivity index (χ2v) is 5.00. The van der Waals surface area contributed by atoms with Crippen LogP contribution in [0, 0.1) is 5.82 Å². The Bertz CT molecular complexity index is 353. The van der Waals surface area contributed by atoms with Crippen molar-refractivity contribution in [2.45, 2.75) is 26.3 Å². The molecular formula is C13H20BrFN2. The molecule has 0 aromatic heterocycles. The number of nitrogens with two attached hydrogens (primary N) is 1. The van der Waals surface area contributed by atoms with Gasteiger partial charge in [-0.05, 0) is 44.3 Å². The van der Waals surface area contributed by atoms with E-state index in [4.69, 9.17) is 5.73 Å². The van der Waals surface area contributed by atoms with Gasteiger partial charge in [0.25, 0.3) is 0 Å². The quantitative estimate of drug-likeness (QED) is 0.873. The van der Waals surface area contributed by atoms with Crippen molar-refractivity contribution in [3.63, 3.8) is 0 Å². The molecule has 0 amide bonds. The van der Waals surface area contributed by atoms with Crippen molar-refractivity contribution in [2.75, 3.05) is 19.6 Å². The lowest BCUT2D eigenvalue weighted by Crippen LogP contribution is -2.27. The molecular weight excluding hydrogens is 283 g/mol. The Kier molecular flexibility index (Phi) is 6.09. The van der Waals surface area contributed by atoms with E-state index in [0.29, 0.717) is 5.56 Å². The molecule has 0 radical (unpaired) electrons. The van der Waals surface area contributed by atoms with Crippen LogP contribution in [0.15, 0.2) is 22.7 Å². The first kappa shape index (κ1) is 14.6. The molecule has 1 unspecified atom stereocenters. The lowest BCUT2D eigenvalue weighted by Gasteiger charge is -2.21. The van der Waals surface area contributed by atoms with Crippen molar-refractivity contribution in [1.29, 1.82) is 0 Å². The van der Waals surface area contributed by atoms with Gasteiger partial charge in [0.1, 0.15) is 5.82 Å². The molecule has 0 saturated heterocycles. The first-order valence-corrected chi connectivity index (χ1v) is 6.80. The van der Waals surface area contributed by atoms with Crippen LogP contribution in [0.5, 0.6) is 0 Å². The third-order valence-corrected chi connectivity index (χ3v) is 3.50. The summed E-state index contributed by atoms with van der Waals surface area (Å²) in [6.45, 7) is 7.15. The van der Waals surface area contributed by atoms with Crippen LogP contribution in [0.1, 0.15) is 31.9 Å². The first-order chi connectivity index (χ1) is 8.08. The smallest absolute Gasteiger partial charge is 0.128 e. The Hall–Kier alpha value is -0.450. The summed E-state index contributed by atoms with van der Waals surface area (Å²) in [6, 6.07) is 4.67. The van der Waals surface area contributed by atoms with E-state index in [2.05, 4.69) is 34.7 Å². The maximum absolute atomic E-state index is 13.6. The predicted octanol–water partition coefficient (Wildman–Crippen LogP) is 3.32. The van der Waals surface area contributed by atoms with E-state index in [9.17, 15) is 4.39 Å². The van der Waals surface area contributed by atoms with Crippen molar-refractivity contribution in [3.05, 3.63) is 34.1 Å². The van der Waals surface area contributed by atoms with Crippen LogP contribution < -0.4 is 5.73 Å². The standard InChI is InChI=1S/C13H20BrFN2/c1-3-17(4-2)8-7-13(16)11-9-10(14)5-6-12(11)15/h5-6,9,13H,3-4,7-8,16H2,1-2H3. The van der Waals surface area contributed by atoms with Crippen molar-refractivity contribution >= 4 is 15.9 Å². The maximum Gasteiger partial charge on any atom is 0.128 e. The van der Waals surface area contributed by atoms with Crippen LogP contribution >= 0.6 is 15.9 Å². The third-order valence-electron chi connectivity index (χ3n) is 3.01. The van der Waals surface area contributed by atoms with Gasteiger partial charge in [-0.15, -0.1) is 0 Å². The summed E-state index contributed by atoms with van der Waals surface area (Å²) >= 11 is 3.34. The lowest BCUT2D eigenvalue weighted by molar-refractivity contribution is 0.290. The van der Waals surface area contributed by atoms with Crippen LogP contribution in [0.3, 0.4) is 0 Å². The predicted molar refractivity (Wildman–Crippen MR) is 73.4 cm³/mol. The highest BCUT2D eigenvalue weighted by molar-refractivity contribution is 9.10. The fourth-order valence-electron chi connectivity index (χ4n) is 1.82. The van der Waals surface area contributed by atoms with Gasteiger partial charge in [0.05, 0.1) is 0 Å². The van der Waals surface area contributed by atoms with Crippen molar-refractivity contribution < 1.29 is 4.39 Å². The van der Waals surface area contributed by atoms with E-state index < -0.39 is 0 Å². The first-order valence-electron chi connectivity index (χ1n) is 6.01. The molecule has 1 rings (SSSR count). The molecule has 1 aromatic carbocycles. The van der Waals surface area contributed by atoms with Gasteiger partial charge in [-0.1, -0.05) is 29.8 Å². The second kappa shape index (κ2) is 7.09. The molecule has 2 nitrogen and oxygen atoms in total. The highest BCUT2D eigenvalue weighted by Gasteiger charge is 2.12. The van der Waals surface area contributed by atoms with Gasteiger partial charge in [0.2, 0.25) is 0 Å². The number of hydrogen-bond acceptors (Lipinski definition) is 2. The zero-order valence-corrected chi connectivity index (χ0v) is 12.0. The van der Waals surface area contributed by atoms with E-state index in [-0.39, 0.29) is 11.9 Å². The molecule has 4 heteroatoms. The Morgan fingerprint density at radius 2 is 2.00 bits per heavy atom. The number of nitrogens with zero attached hydrogens (tertiary/aromatic N) is 1. The Balaban J connectivity index is 2.63. The molecule has 2 N–H and O–H groups in total. The minimum absolute atomic E-state index is 0.222. The molecule has 1 aromatic rings. The van der Waals surface area contributed by atoms with Gasteiger partial charge in [-0.3, -0.25) is 0 Å². The summed E-state index contributed by atoms with van der Waals surface area (Å²) in [6.07, 6.45) is 0.773. The van der Waals surface area contributed by atoms with Crippen LogP contribution in [0.25, 0.3) is 0 Å². The Morgan fingerprint density at radius 3 is 2.59 bits per heavy atom. The average molecular weight is 303 g/mol. The van der Waals surface area contributed by atoms with Crippen LogP contribution in [-0.2, 0) is 0 Å². The fourth-order valence-corrected chi connectivity index (χ4v) is 2.19. The maximum atomic E-state index is 13.6. The van der Waals surface area contributed by atoms with Crippen molar-refractivity contribution in [2.24, 2.45) is 5.73 Å². The van der Waals surface area contributed by atoms with Crippen LogP contribution in [-0.4, -0.2) is 24.5 Å². The summed E-state index contributed by atoms with van der Waals surface area (Å²) in [4.78, 5) is 2.29. The van der Waals surface area contributed by atoms with Crippen molar-refractivity contribution in [1.82, 2.24) is 4.90 Å². The normalized spacial score (nSPS) is 13.1. The molecule has 0 aliphatic heterocycles. The summed E-state index contributed by atoms with van der Waals surface area (Å²) in [7, 11) is 0. The summed E-state index contributed by atoms with van der Waals surface area (Å²) < 4.78 is 14.5. The third kappa shape index (κ3) is 4.37. The molecule has 1 atom stereocenters. The molecule has 0 bridgehead atoms. The largest absolute Gasteiger partial charge is 0.324 e. The average Bonchev–Trinajstić information content (AvgIpc) is 2.33. The van der Waals surface area contributed by atoms with E-state index in [1.807, 2.05) is 0 Å². The minimum Gasteiger partial charge on any atom is -0.324 e. The second-order valence-electron chi connectivity index (χ2n) is 4.09. The summed E-state index contributed by atoms with van der Waals surface area (Å²) in [5, 5.41) is 0. The van der Waals surface area contributed by atoms with E-state index in [1.165, 1.54) is 6.07 Å². The molecule has 0 saturated carbocycles. The van der Waals surface area contributed by atoms with E-state index >= 15 is 0 Å². The molecule has 96 valence electrons. The number of hydrogen-bond donors (Lipinski definition) is 1. The highest BCUT2D eigenvalue weighted by Crippen LogP contribution is 2.22. The number of halogens is 2. The zero-order chi connectivity index (χ0) is 12.8. The lowest BCUT2D eigenvalue weighted by atomic mass is 10.0.